The van der Waals surface area contributed by atoms with E-state index in [4.69, 9.17) is 5.73 Å². The average Bonchev–Trinajstić information content (AvgIpc) is 2.18. The van der Waals surface area contributed by atoms with Crippen LogP contribution in [0.3, 0.4) is 0 Å². The molecule has 0 heterocycles. The van der Waals surface area contributed by atoms with Gasteiger partial charge in [-0.15, -0.1) is 0 Å². The summed E-state index contributed by atoms with van der Waals surface area (Å²) in [7, 11) is 3.99. The van der Waals surface area contributed by atoms with E-state index >= 15 is 0 Å². The van der Waals surface area contributed by atoms with E-state index in [1.54, 1.807) is 0 Å². The maximum absolute atomic E-state index is 5.71. The Kier molecular flexibility index (Phi) is 3.51. The largest absolute Gasteiger partial charge is 0.387 e. The molecule has 0 saturated heterocycles. The van der Waals surface area contributed by atoms with Gasteiger partial charge in [-0.1, -0.05) is 19.1 Å². The molecule has 3 nitrogen and oxygen atoms in total. The van der Waals surface area contributed by atoms with E-state index in [0.717, 1.165) is 17.8 Å². The molecule has 0 bridgehead atoms. The number of hydrogen-bond acceptors (Lipinski definition) is 2. The second-order valence-electron chi connectivity index (χ2n) is 3.34. The van der Waals surface area contributed by atoms with Gasteiger partial charge in [0.15, 0.2) is 0 Å². The van der Waals surface area contributed by atoms with Crippen LogP contribution in [0.1, 0.15) is 13.3 Å². The summed E-state index contributed by atoms with van der Waals surface area (Å²) < 4.78 is 0. The summed E-state index contributed by atoms with van der Waals surface area (Å²) in [6, 6.07) is 7.96. The molecular weight excluding hydrogens is 174 g/mol. The number of amidine groups is 1. The van der Waals surface area contributed by atoms with Gasteiger partial charge in [0.1, 0.15) is 0 Å². The van der Waals surface area contributed by atoms with Crippen molar-refractivity contribution in [2.24, 2.45) is 10.7 Å². The van der Waals surface area contributed by atoms with Crippen molar-refractivity contribution in [2.45, 2.75) is 13.3 Å². The van der Waals surface area contributed by atoms with Gasteiger partial charge in [0.25, 0.3) is 0 Å². The molecule has 0 spiro atoms. The zero-order valence-electron chi connectivity index (χ0n) is 8.99. The molecular formula is C11H17N3. The van der Waals surface area contributed by atoms with Crippen LogP contribution in [0.5, 0.6) is 0 Å². The fraction of sp³-hybridized carbons (Fsp3) is 0.364. The minimum absolute atomic E-state index is 0.666. The summed E-state index contributed by atoms with van der Waals surface area (Å²) >= 11 is 0. The Morgan fingerprint density at radius 3 is 2.57 bits per heavy atom. The van der Waals surface area contributed by atoms with Crippen LogP contribution in [0.4, 0.5) is 11.4 Å². The highest BCUT2D eigenvalue weighted by Crippen LogP contribution is 2.26. The number of benzene rings is 1. The molecule has 0 saturated carbocycles. The first-order chi connectivity index (χ1) is 6.65. The second kappa shape index (κ2) is 4.65. The lowest BCUT2D eigenvalue weighted by Crippen LogP contribution is -2.11. The van der Waals surface area contributed by atoms with E-state index < -0.39 is 0 Å². The van der Waals surface area contributed by atoms with Crippen LogP contribution in [-0.4, -0.2) is 19.9 Å². The van der Waals surface area contributed by atoms with Gasteiger partial charge in [-0.3, -0.25) is 0 Å². The number of aliphatic imine (C=N–C) groups is 1. The third-order valence-corrected chi connectivity index (χ3v) is 1.99. The molecule has 0 atom stereocenters. The highest BCUT2D eigenvalue weighted by Gasteiger charge is 2.01. The Morgan fingerprint density at radius 2 is 2.00 bits per heavy atom. The molecule has 1 aromatic carbocycles. The number of hydrogen-bond donors (Lipinski definition) is 1. The highest BCUT2D eigenvalue weighted by atomic mass is 15.1. The van der Waals surface area contributed by atoms with E-state index in [2.05, 4.69) is 4.99 Å². The number of anilines is 1. The Morgan fingerprint density at radius 1 is 1.36 bits per heavy atom. The predicted molar refractivity (Wildman–Crippen MR) is 62.3 cm³/mol. The standard InChI is InChI=1S/C11H17N3/c1-4-11(12)13-9-7-5-6-8-10(9)14(2)3/h5-8H,4H2,1-3H3,(H2,12,13). The van der Waals surface area contributed by atoms with Gasteiger partial charge in [0.05, 0.1) is 17.2 Å². The van der Waals surface area contributed by atoms with Gasteiger partial charge >= 0.3 is 0 Å². The maximum Gasteiger partial charge on any atom is 0.0994 e. The van der Waals surface area contributed by atoms with E-state index in [-0.39, 0.29) is 0 Å². The summed E-state index contributed by atoms with van der Waals surface area (Å²) in [4.78, 5) is 6.38. The monoisotopic (exact) mass is 191 g/mol. The minimum Gasteiger partial charge on any atom is -0.387 e. The smallest absolute Gasteiger partial charge is 0.0994 e. The molecule has 3 heteroatoms. The third-order valence-electron chi connectivity index (χ3n) is 1.99. The Balaban J connectivity index is 3.07. The van der Waals surface area contributed by atoms with Gasteiger partial charge in [-0.05, 0) is 12.1 Å². The van der Waals surface area contributed by atoms with Gasteiger partial charge in [-0.25, -0.2) is 4.99 Å². The van der Waals surface area contributed by atoms with E-state index in [0.29, 0.717) is 5.84 Å². The average molecular weight is 191 g/mol. The molecule has 0 aliphatic heterocycles. The molecule has 1 rings (SSSR count). The van der Waals surface area contributed by atoms with Crippen molar-refractivity contribution in [1.82, 2.24) is 0 Å². The summed E-state index contributed by atoms with van der Waals surface area (Å²) in [5, 5.41) is 0. The molecule has 2 N–H and O–H groups in total. The number of nitrogens with zero attached hydrogens (tertiary/aromatic N) is 2. The van der Waals surface area contributed by atoms with Crippen LogP contribution < -0.4 is 10.6 Å². The fourth-order valence-electron chi connectivity index (χ4n) is 1.17. The summed E-state index contributed by atoms with van der Waals surface area (Å²) in [5.74, 6) is 0.666. The Labute approximate surface area is 85.3 Å². The lowest BCUT2D eigenvalue weighted by atomic mass is 10.2. The molecule has 14 heavy (non-hydrogen) atoms. The first-order valence-corrected chi connectivity index (χ1v) is 4.74. The van der Waals surface area contributed by atoms with Crippen LogP contribution >= 0.6 is 0 Å². The number of para-hydroxylation sites is 2. The highest BCUT2D eigenvalue weighted by molar-refractivity contribution is 5.85. The second-order valence-corrected chi connectivity index (χ2v) is 3.34. The van der Waals surface area contributed by atoms with Gasteiger partial charge in [-0.2, -0.15) is 0 Å². The van der Waals surface area contributed by atoms with Crippen LogP contribution in [-0.2, 0) is 0 Å². The van der Waals surface area contributed by atoms with Gasteiger partial charge in [0.2, 0.25) is 0 Å². The van der Waals surface area contributed by atoms with E-state index in [9.17, 15) is 0 Å². The van der Waals surface area contributed by atoms with Crippen molar-refractivity contribution >= 4 is 17.2 Å². The number of rotatable bonds is 3. The van der Waals surface area contributed by atoms with Crippen molar-refractivity contribution in [1.29, 1.82) is 0 Å². The molecule has 0 radical (unpaired) electrons. The lowest BCUT2D eigenvalue weighted by Gasteiger charge is -2.14. The van der Waals surface area contributed by atoms with Crippen molar-refractivity contribution in [3.05, 3.63) is 24.3 Å². The van der Waals surface area contributed by atoms with Crippen molar-refractivity contribution in [3.63, 3.8) is 0 Å². The third kappa shape index (κ3) is 2.49. The molecule has 0 aromatic heterocycles. The Bertz CT molecular complexity index is 329. The molecule has 76 valence electrons. The zero-order valence-corrected chi connectivity index (χ0v) is 8.99. The Hall–Kier alpha value is -1.51. The first-order valence-electron chi connectivity index (χ1n) is 4.74. The first kappa shape index (κ1) is 10.6. The molecule has 1 aromatic rings. The topological polar surface area (TPSA) is 41.6 Å². The van der Waals surface area contributed by atoms with Crippen LogP contribution in [0.15, 0.2) is 29.3 Å². The molecule has 0 unspecified atom stereocenters. The summed E-state index contributed by atoms with van der Waals surface area (Å²) in [5.41, 5.74) is 7.72. The normalized spacial score (nSPS) is 11.5. The number of nitrogens with two attached hydrogens (primary N) is 1. The SMILES string of the molecule is CCC(N)=Nc1ccccc1N(C)C. The van der Waals surface area contributed by atoms with Crippen LogP contribution in [0.2, 0.25) is 0 Å². The zero-order chi connectivity index (χ0) is 10.6. The fourth-order valence-corrected chi connectivity index (χ4v) is 1.17. The summed E-state index contributed by atoms with van der Waals surface area (Å²) in [6.45, 7) is 2.00. The van der Waals surface area contributed by atoms with Gasteiger partial charge < -0.3 is 10.6 Å². The quantitative estimate of drug-likeness (QED) is 0.587. The summed E-state index contributed by atoms with van der Waals surface area (Å²) in [6.07, 6.45) is 0.780. The van der Waals surface area contributed by atoms with Crippen LogP contribution in [0, 0.1) is 0 Å². The lowest BCUT2D eigenvalue weighted by molar-refractivity contribution is 1.12. The molecule has 0 aliphatic rings. The molecule has 0 aliphatic carbocycles. The van der Waals surface area contributed by atoms with Gasteiger partial charge in [0, 0.05) is 20.5 Å². The van der Waals surface area contributed by atoms with Crippen molar-refractivity contribution < 1.29 is 0 Å². The van der Waals surface area contributed by atoms with Crippen molar-refractivity contribution in [2.75, 3.05) is 19.0 Å². The predicted octanol–water partition coefficient (Wildman–Crippen LogP) is 2.15. The van der Waals surface area contributed by atoms with Crippen LogP contribution in [0.25, 0.3) is 0 Å². The van der Waals surface area contributed by atoms with Crippen molar-refractivity contribution in [3.8, 4) is 0 Å². The molecule has 0 amide bonds. The minimum atomic E-state index is 0.666. The maximum atomic E-state index is 5.71. The molecule has 0 fully saturated rings. The van der Waals surface area contributed by atoms with E-state index in [1.165, 1.54) is 0 Å². The van der Waals surface area contributed by atoms with E-state index in [1.807, 2.05) is 50.2 Å².